The molecule has 0 bridgehead atoms. The Morgan fingerprint density at radius 1 is 1.37 bits per heavy atom. The number of anilines is 1. The Bertz CT molecular complexity index is 934. The lowest BCUT2D eigenvalue weighted by molar-refractivity contribution is -0.126. The van der Waals surface area contributed by atoms with Gasteiger partial charge in [0, 0.05) is 30.5 Å². The van der Waals surface area contributed by atoms with Crippen LogP contribution in [0.3, 0.4) is 0 Å². The molecule has 30 heavy (non-hydrogen) atoms. The van der Waals surface area contributed by atoms with Gasteiger partial charge in [-0.05, 0) is 66.1 Å². The van der Waals surface area contributed by atoms with Crippen molar-refractivity contribution in [2.24, 2.45) is 0 Å². The summed E-state index contributed by atoms with van der Waals surface area (Å²) >= 11 is 1.34. The quantitative estimate of drug-likeness (QED) is 0.361. The standard InChI is InChI=1S/C23H24F3N3S/c1-4-29(3)22-14-18(15-23(24,25)26)9-7-11-21(22)19(16-27)12-17-8-6-10-20(13-17)28-30-5-2/h5-6,8-14,28H,2,4,7,15H2,1,3H3/b19-12+. The number of likely N-dealkylation sites (N-methyl/N-ethyl adjacent to an activating group) is 1. The van der Waals surface area contributed by atoms with Gasteiger partial charge in [0.1, 0.15) is 0 Å². The van der Waals surface area contributed by atoms with Crippen molar-refractivity contribution in [3.63, 3.8) is 0 Å². The smallest absolute Gasteiger partial charge is 0.374 e. The fourth-order valence-corrected chi connectivity index (χ4v) is 3.32. The molecule has 0 unspecified atom stereocenters. The zero-order chi connectivity index (χ0) is 22.1. The molecule has 3 nitrogen and oxygen atoms in total. The summed E-state index contributed by atoms with van der Waals surface area (Å²) in [5.74, 6) is 0. The van der Waals surface area contributed by atoms with Gasteiger partial charge in [0.25, 0.3) is 0 Å². The van der Waals surface area contributed by atoms with Crippen LogP contribution in [0, 0.1) is 11.3 Å². The molecule has 0 spiro atoms. The lowest BCUT2D eigenvalue weighted by atomic mass is 9.98. The first-order chi connectivity index (χ1) is 14.3. The van der Waals surface area contributed by atoms with Crippen LogP contribution in [0.1, 0.15) is 25.3 Å². The minimum absolute atomic E-state index is 0.203. The molecule has 2 rings (SSSR count). The summed E-state index contributed by atoms with van der Waals surface area (Å²) in [6.07, 6.45) is 1.72. The van der Waals surface area contributed by atoms with Crippen molar-refractivity contribution in [1.82, 2.24) is 4.90 Å². The molecule has 0 saturated heterocycles. The summed E-state index contributed by atoms with van der Waals surface area (Å²) in [6.45, 7) is 6.15. The van der Waals surface area contributed by atoms with E-state index < -0.39 is 12.6 Å². The number of hydrogen-bond acceptors (Lipinski definition) is 4. The van der Waals surface area contributed by atoms with E-state index in [2.05, 4.69) is 17.4 Å². The van der Waals surface area contributed by atoms with Gasteiger partial charge in [0.2, 0.25) is 0 Å². The van der Waals surface area contributed by atoms with Gasteiger partial charge in [-0.1, -0.05) is 30.9 Å². The summed E-state index contributed by atoms with van der Waals surface area (Å²) in [4.78, 5) is 1.85. The molecule has 0 aromatic heterocycles. The summed E-state index contributed by atoms with van der Waals surface area (Å²) < 4.78 is 41.9. The van der Waals surface area contributed by atoms with Crippen LogP contribution < -0.4 is 4.72 Å². The summed E-state index contributed by atoms with van der Waals surface area (Å²) in [5.41, 5.74) is 3.51. The van der Waals surface area contributed by atoms with Crippen molar-refractivity contribution in [3.05, 3.63) is 82.5 Å². The Kier molecular flexibility index (Phi) is 8.43. The molecule has 0 atom stereocenters. The van der Waals surface area contributed by atoms with E-state index in [1.54, 1.807) is 23.6 Å². The van der Waals surface area contributed by atoms with Gasteiger partial charge in [-0.2, -0.15) is 18.4 Å². The average molecular weight is 432 g/mol. The van der Waals surface area contributed by atoms with Gasteiger partial charge in [-0.3, -0.25) is 0 Å². The second-order valence-electron chi connectivity index (χ2n) is 6.65. The van der Waals surface area contributed by atoms with Crippen molar-refractivity contribution in [2.75, 3.05) is 18.3 Å². The van der Waals surface area contributed by atoms with Crippen molar-refractivity contribution in [3.8, 4) is 6.07 Å². The number of hydrogen-bond donors (Lipinski definition) is 1. The van der Waals surface area contributed by atoms with Crippen LogP contribution in [0.15, 0.2) is 76.9 Å². The molecule has 0 saturated carbocycles. The fraction of sp³-hybridized carbons (Fsp3) is 0.261. The van der Waals surface area contributed by atoms with Gasteiger partial charge in [-0.15, -0.1) is 0 Å². The summed E-state index contributed by atoms with van der Waals surface area (Å²) in [7, 11) is 1.81. The van der Waals surface area contributed by atoms with Crippen molar-refractivity contribution in [2.45, 2.75) is 25.9 Å². The Balaban J connectivity index is 2.44. The minimum atomic E-state index is -4.28. The van der Waals surface area contributed by atoms with Crippen LogP contribution >= 0.6 is 11.9 Å². The number of allylic oxidation sites excluding steroid dienone is 5. The van der Waals surface area contributed by atoms with E-state index in [9.17, 15) is 18.4 Å². The normalized spacial score (nSPS) is 14.7. The average Bonchev–Trinajstić information content (AvgIpc) is 2.91. The number of benzene rings is 1. The van der Waals surface area contributed by atoms with Crippen molar-refractivity contribution in [1.29, 1.82) is 5.26 Å². The molecule has 0 fully saturated rings. The molecule has 1 aromatic rings. The molecular weight excluding hydrogens is 407 g/mol. The highest BCUT2D eigenvalue weighted by Gasteiger charge is 2.29. The molecular formula is C23H24F3N3S. The van der Waals surface area contributed by atoms with Crippen LogP contribution in [0.2, 0.25) is 0 Å². The zero-order valence-corrected chi connectivity index (χ0v) is 17.8. The highest BCUT2D eigenvalue weighted by atomic mass is 32.2. The van der Waals surface area contributed by atoms with E-state index in [0.717, 1.165) is 11.3 Å². The first kappa shape index (κ1) is 23.4. The van der Waals surface area contributed by atoms with E-state index in [0.29, 0.717) is 29.8 Å². The maximum absolute atomic E-state index is 12.9. The second-order valence-corrected chi connectivity index (χ2v) is 7.42. The predicted octanol–water partition coefficient (Wildman–Crippen LogP) is 6.84. The van der Waals surface area contributed by atoms with Crippen molar-refractivity contribution >= 4 is 23.7 Å². The second kappa shape index (κ2) is 10.8. The summed E-state index contributed by atoms with van der Waals surface area (Å²) in [6, 6.07) is 9.75. The van der Waals surface area contributed by atoms with E-state index in [1.807, 2.05) is 49.2 Å². The van der Waals surface area contributed by atoms with Crippen LogP contribution in [0.25, 0.3) is 6.08 Å². The third-order valence-electron chi connectivity index (χ3n) is 4.46. The molecule has 0 aliphatic heterocycles. The molecule has 0 radical (unpaired) electrons. The van der Waals surface area contributed by atoms with E-state index >= 15 is 0 Å². The Hall–Kier alpha value is -2.85. The number of alkyl halides is 3. The van der Waals surface area contributed by atoms with Crippen LogP contribution in [0.5, 0.6) is 0 Å². The lowest BCUT2D eigenvalue weighted by Crippen LogP contribution is -2.19. The highest BCUT2D eigenvalue weighted by Crippen LogP contribution is 2.32. The van der Waals surface area contributed by atoms with E-state index in [1.165, 1.54) is 11.9 Å². The maximum Gasteiger partial charge on any atom is 0.393 e. The molecule has 1 aliphatic rings. The molecule has 0 amide bonds. The molecule has 158 valence electrons. The van der Waals surface area contributed by atoms with E-state index in [4.69, 9.17) is 0 Å². The SMILES string of the molecule is C=CSNc1cccc(/C=C(\C#N)C2=CCC=C(CC(F)(F)F)C=C2N(C)CC)c1. The van der Waals surface area contributed by atoms with Gasteiger partial charge in [0.05, 0.1) is 18.1 Å². The Morgan fingerprint density at radius 2 is 2.13 bits per heavy atom. The fourth-order valence-electron chi connectivity index (χ4n) is 2.97. The van der Waals surface area contributed by atoms with Gasteiger partial charge in [-0.25, -0.2) is 0 Å². The lowest BCUT2D eigenvalue weighted by Gasteiger charge is -2.23. The molecule has 1 aliphatic carbocycles. The van der Waals surface area contributed by atoms with Crippen LogP contribution in [-0.4, -0.2) is 24.7 Å². The number of rotatable bonds is 8. The first-order valence-corrected chi connectivity index (χ1v) is 10.3. The number of nitriles is 1. The first-order valence-electron chi connectivity index (χ1n) is 9.41. The van der Waals surface area contributed by atoms with Crippen LogP contribution in [0.4, 0.5) is 18.9 Å². The highest BCUT2D eigenvalue weighted by molar-refractivity contribution is 8.03. The molecule has 1 aromatic carbocycles. The monoisotopic (exact) mass is 431 g/mol. The zero-order valence-electron chi connectivity index (χ0n) is 17.0. The Morgan fingerprint density at radius 3 is 2.77 bits per heavy atom. The number of nitrogens with one attached hydrogen (secondary N) is 1. The third-order valence-corrected chi connectivity index (χ3v) is 4.98. The molecule has 0 heterocycles. The van der Waals surface area contributed by atoms with Crippen LogP contribution in [-0.2, 0) is 0 Å². The topological polar surface area (TPSA) is 39.1 Å². The predicted molar refractivity (Wildman–Crippen MR) is 119 cm³/mol. The Labute approximate surface area is 180 Å². The molecule has 7 heteroatoms. The number of nitrogens with zero attached hydrogens (tertiary/aromatic N) is 2. The van der Waals surface area contributed by atoms with E-state index in [-0.39, 0.29) is 5.57 Å². The summed E-state index contributed by atoms with van der Waals surface area (Å²) in [5, 5.41) is 11.5. The maximum atomic E-state index is 12.9. The number of halogens is 3. The van der Waals surface area contributed by atoms with Crippen molar-refractivity contribution < 1.29 is 13.2 Å². The largest absolute Gasteiger partial charge is 0.393 e. The van der Waals surface area contributed by atoms with Gasteiger partial charge >= 0.3 is 6.18 Å². The van der Waals surface area contributed by atoms with Gasteiger partial charge in [0.15, 0.2) is 0 Å². The minimum Gasteiger partial charge on any atom is -0.374 e. The molecule has 1 N–H and O–H groups in total. The third kappa shape index (κ3) is 6.89. The van der Waals surface area contributed by atoms with Gasteiger partial charge < -0.3 is 9.62 Å².